The molecule has 0 unspecified atom stereocenters. The van der Waals surface area contributed by atoms with E-state index in [1.165, 1.54) is 0 Å². The lowest BCUT2D eigenvalue weighted by Gasteiger charge is -2.33. The van der Waals surface area contributed by atoms with Crippen molar-refractivity contribution in [3.05, 3.63) is 24.3 Å². The largest absolute Gasteiger partial charge is 0.466 e. The summed E-state index contributed by atoms with van der Waals surface area (Å²) in [6.07, 6.45) is 2.69. The molecule has 1 spiro atoms. The fraction of sp³-hybridized carbons (Fsp3) is 0.625. The van der Waals surface area contributed by atoms with Crippen LogP contribution in [0.25, 0.3) is 11.0 Å². The number of ether oxygens (including phenoxy) is 2. The Bertz CT molecular complexity index is 1120. The van der Waals surface area contributed by atoms with Crippen LogP contribution in [0.4, 0.5) is 0 Å². The van der Waals surface area contributed by atoms with Crippen LogP contribution in [0.2, 0.25) is 0 Å². The number of amides is 2. The number of unbranched alkanes of at least 4 members (excludes halogenated alkanes) is 2. The molecule has 5 rings (SSSR count). The summed E-state index contributed by atoms with van der Waals surface area (Å²) in [7, 11) is 0. The van der Waals surface area contributed by atoms with Crippen molar-refractivity contribution < 1.29 is 29.0 Å². The number of likely N-dealkylation sites (tertiary alicyclic amines) is 1. The SMILES string of the molecule is CCOC(=O)[C@@H]1[C@@H]2CC[C@]3(O2)[C@H](C(=O)NCn2nnc4ccccc42)N(CCCCCO)C(=O)[C@@H]13. The molecule has 3 saturated heterocycles. The van der Waals surface area contributed by atoms with Gasteiger partial charge in [0.2, 0.25) is 11.8 Å². The molecule has 2 aromatic rings. The summed E-state index contributed by atoms with van der Waals surface area (Å²) in [6.45, 7) is 2.47. The molecule has 188 valence electrons. The predicted molar refractivity (Wildman–Crippen MR) is 123 cm³/mol. The van der Waals surface area contributed by atoms with Gasteiger partial charge in [-0.3, -0.25) is 14.4 Å². The maximum absolute atomic E-state index is 13.7. The Labute approximate surface area is 202 Å². The second-order valence-corrected chi connectivity index (χ2v) is 9.40. The predicted octanol–water partition coefficient (Wildman–Crippen LogP) is 0.605. The lowest BCUT2D eigenvalue weighted by Crippen LogP contribution is -2.55. The third kappa shape index (κ3) is 3.86. The minimum Gasteiger partial charge on any atom is -0.466 e. The highest BCUT2D eigenvalue weighted by atomic mass is 16.6. The summed E-state index contributed by atoms with van der Waals surface area (Å²) >= 11 is 0. The Kier molecular flexibility index (Phi) is 6.45. The van der Waals surface area contributed by atoms with Gasteiger partial charge in [-0.05, 0) is 51.2 Å². The van der Waals surface area contributed by atoms with E-state index in [-0.39, 0.29) is 31.7 Å². The monoisotopic (exact) mass is 485 g/mol. The number of esters is 1. The van der Waals surface area contributed by atoms with E-state index in [0.29, 0.717) is 32.2 Å². The smallest absolute Gasteiger partial charge is 0.312 e. The van der Waals surface area contributed by atoms with E-state index in [4.69, 9.17) is 14.6 Å². The Morgan fingerprint density at radius 2 is 2.11 bits per heavy atom. The summed E-state index contributed by atoms with van der Waals surface area (Å²) in [4.78, 5) is 41.7. The highest BCUT2D eigenvalue weighted by Crippen LogP contribution is 2.58. The number of carbonyl (C=O) groups is 3. The van der Waals surface area contributed by atoms with Crippen LogP contribution < -0.4 is 5.32 Å². The summed E-state index contributed by atoms with van der Waals surface area (Å²) in [6, 6.07) is 6.60. The zero-order chi connectivity index (χ0) is 24.6. The van der Waals surface area contributed by atoms with Gasteiger partial charge in [0.05, 0.1) is 30.1 Å². The first-order valence-electron chi connectivity index (χ1n) is 12.3. The molecule has 11 nitrogen and oxygen atoms in total. The summed E-state index contributed by atoms with van der Waals surface area (Å²) in [5.74, 6) is -2.45. The average molecular weight is 486 g/mol. The van der Waals surface area contributed by atoms with E-state index < -0.39 is 35.6 Å². The van der Waals surface area contributed by atoms with Crippen molar-refractivity contribution in [2.45, 2.75) is 63.4 Å². The number of fused-ring (bicyclic) bond motifs is 2. The van der Waals surface area contributed by atoms with Crippen LogP contribution >= 0.6 is 0 Å². The molecule has 2 bridgehead atoms. The number of aliphatic hydroxyl groups excluding tert-OH is 1. The Hall–Kier alpha value is -3.05. The highest BCUT2D eigenvalue weighted by Gasteiger charge is 2.74. The van der Waals surface area contributed by atoms with Crippen molar-refractivity contribution >= 4 is 28.8 Å². The first-order chi connectivity index (χ1) is 17.0. The van der Waals surface area contributed by atoms with Crippen LogP contribution in [-0.2, 0) is 30.5 Å². The molecule has 35 heavy (non-hydrogen) atoms. The maximum atomic E-state index is 13.7. The van der Waals surface area contributed by atoms with Gasteiger partial charge in [-0.15, -0.1) is 5.10 Å². The van der Waals surface area contributed by atoms with Crippen molar-refractivity contribution in [1.29, 1.82) is 0 Å². The first-order valence-corrected chi connectivity index (χ1v) is 12.3. The van der Waals surface area contributed by atoms with Crippen molar-refractivity contribution in [3.63, 3.8) is 0 Å². The number of para-hydroxylation sites is 1. The van der Waals surface area contributed by atoms with Crippen LogP contribution in [0, 0.1) is 11.8 Å². The molecule has 0 radical (unpaired) electrons. The molecule has 2 amide bonds. The minimum absolute atomic E-state index is 0.0754. The van der Waals surface area contributed by atoms with Crippen molar-refractivity contribution in [2.75, 3.05) is 19.8 Å². The van der Waals surface area contributed by atoms with E-state index >= 15 is 0 Å². The number of nitrogens with zero attached hydrogens (tertiary/aromatic N) is 4. The number of benzene rings is 1. The van der Waals surface area contributed by atoms with Crippen molar-refractivity contribution in [3.8, 4) is 0 Å². The molecule has 5 atom stereocenters. The zero-order valence-corrected chi connectivity index (χ0v) is 19.8. The van der Waals surface area contributed by atoms with E-state index in [1.54, 1.807) is 16.5 Å². The molecular formula is C24H31N5O6. The first kappa shape index (κ1) is 23.7. The molecule has 3 fully saturated rings. The average Bonchev–Trinajstić information content (AvgIpc) is 3.60. The van der Waals surface area contributed by atoms with E-state index in [0.717, 1.165) is 17.5 Å². The molecular weight excluding hydrogens is 454 g/mol. The number of nitrogens with one attached hydrogen (secondary N) is 1. The number of hydrogen-bond donors (Lipinski definition) is 2. The molecule has 0 aliphatic carbocycles. The number of aromatic nitrogens is 3. The molecule has 4 heterocycles. The number of hydrogen-bond acceptors (Lipinski definition) is 8. The molecule has 11 heteroatoms. The lowest BCUT2D eigenvalue weighted by atomic mass is 9.71. The molecule has 1 aromatic carbocycles. The van der Waals surface area contributed by atoms with Crippen LogP contribution in [0.1, 0.15) is 39.0 Å². The normalized spacial score (nSPS) is 29.1. The van der Waals surface area contributed by atoms with E-state index in [9.17, 15) is 14.4 Å². The van der Waals surface area contributed by atoms with Gasteiger partial charge < -0.3 is 24.8 Å². The van der Waals surface area contributed by atoms with Crippen LogP contribution in [0.3, 0.4) is 0 Å². The summed E-state index contributed by atoms with van der Waals surface area (Å²) in [5, 5.41) is 20.3. The van der Waals surface area contributed by atoms with Crippen molar-refractivity contribution in [1.82, 2.24) is 25.2 Å². The third-order valence-electron chi connectivity index (χ3n) is 7.49. The Balaban J connectivity index is 1.40. The van der Waals surface area contributed by atoms with Crippen molar-refractivity contribution in [2.24, 2.45) is 11.8 Å². The third-order valence-corrected chi connectivity index (χ3v) is 7.49. The van der Waals surface area contributed by atoms with E-state index in [2.05, 4.69) is 15.6 Å². The van der Waals surface area contributed by atoms with Gasteiger partial charge in [0.15, 0.2) is 0 Å². The fourth-order valence-corrected chi connectivity index (χ4v) is 6.05. The van der Waals surface area contributed by atoms with E-state index in [1.807, 2.05) is 24.3 Å². The zero-order valence-electron chi connectivity index (χ0n) is 19.8. The summed E-state index contributed by atoms with van der Waals surface area (Å²) < 4.78 is 13.2. The molecule has 1 aromatic heterocycles. The topological polar surface area (TPSA) is 136 Å². The van der Waals surface area contributed by atoms with Crippen LogP contribution in [-0.4, -0.2) is 80.3 Å². The van der Waals surface area contributed by atoms with Gasteiger partial charge in [-0.1, -0.05) is 17.3 Å². The Morgan fingerprint density at radius 1 is 1.29 bits per heavy atom. The molecule has 3 aliphatic heterocycles. The lowest BCUT2D eigenvalue weighted by molar-refractivity contribution is -0.154. The van der Waals surface area contributed by atoms with Crippen LogP contribution in [0.5, 0.6) is 0 Å². The molecule has 2 N–H and O–H groups in total. The minimum atomic E-state index is -1.05. The van der Waals surface area contributed by atoms with Gasteiger partial charge in [-0.2, -0.15) is 0 Å². The molecule has 3 aliphatic rings. The Morgan fingerprint density at radius 3 is 2.91 bits per heavy atom. The number of carbonyl (C=O) groups excluding carboxylic acids is 3. The number of aliphatic hydroxyl groups is 1. The van der Waals surface area contributed by atoms with Crippen LogP contribution in [0.15, 0.2) is 24.3 Å². The second-order valence-electron chi connectivity index (χ2n) is 9.40. The standard InChI is InChI=1S/C24H31N5O6/c1-2-34-23(33)18-17-10-11-24(35-17)19(18)22(32)28(12-6-3-7-13-30)20(24)21(31)25-14-29-16-9-5-4-8-15(16)26-27-29/h4-5,8-9,17-20,30H,2-3,6-7,10-14H2,1H3,(H,25,31)/t17-,18+,19+,20-,24+/m0/s1. The second kappa shape index (κ2) is 9.54. The number of rotatable bonds is 10. The summed E-state index contributed by atoms with van der Waals surface area (Å²) in [5.41, 5.74) is 0.453. The van der Waals surface area contributed by atoms with Gasteiger partial charge >= 0.3 is 5.97 Å². The maximum Gasteiger partial charge on any atom is 0.312 e. The molecule has 0 saturated carbocycles. The van der Waals surface area contributed by atoms with Gasteiger partial charge in [-0.25, -0.2) is 4.68 Å². The quantitative estimate of drug-likeness (QED) is 0.369. The van der Waals surface area contributed by atoms with Gasteiger partial charge in [0, 0.05) is 13.2 Å². The van der Waals surface area contributed by atoms with Gasteiger partial charge in [0.1, 0.15) is 23.8 Å². The highest BCUT2D eigenvalue weighted by molar-refractivity contribution is 5.98. The fourth-order valence-electron chi connectivity index (χ4n) is 6.05. The van der Waals surface area contributed by atoms with Gasteiger partial charge in [0.25, 0.3) is 0 Å².